The Labute approximate surface area is 244 Å². The molecular weight excluding hydrogens is 532 g/mol. The second-order valence-electron chi connectivity index (χ2n) is 12.7. The van der Waals surface area contributed by atoms with Crippen LogP contribution >= 0.6 is 0 Å². The molecule has 0 radical (unpaired) electrons. The van der Waals surface area contributed by atoms with Gasteiger partial charge in [0.15, 0.2) is 9.84 Å². The number of likely N-dealkylation sites (tertiary alicyclic amines) is 1. The number of piperidine rings is 1. The average Bonchev–Trinajstić information content (AvgIpc) is 3.75. The van der Waals surface area contributed by atoms with Crippen molar-refractivity contribution in [2.75, 3.05) is 44.7 Å². The Morgan fingerprint density at radius 2 is 1.66 bits per heavy atom. The molecule has 4 fully saturated rings. The maximum absolute atomic E-state index is 12.9. The van der Waals surface area contributed by atoms with Crippen LogP contribution in [0.25, 0.3) is 0 Å². The molecule has 1 amide bonds. The number of amides is 1. The zero-order valence-corrected chi connectivity index (χ0v) is 24.9. The quantitative estimate of drug-likeness (QED) is 0.478. The lowest BCUT2D eigenvalue weighted by molar-refractivity contribution is -0.126. The van der Waals surface area contributed by atoms with Crippen molar-refractivity contribution < 1.29 is 13.2 Å². The highest BCUT2D eigenvalue weighted by Gasteiger charge is 2.53. The molecule has 2 aromatic carbocycles. The van der Waals surface area contributed by atoms with E-state index >= 15 is 0 Å². The van der Waals surface area contributed by atoms with Crippen molar-refractivity contribution in [3.8, 4) is 6.07 Å². The summed E-state index contributed by atoms with van der Waals surface area (Å²) in [4.78, 5) is 18.2. The number of hydrogen-bond donors (Lipinski definition) is 1. The van der Waals surface area contributed by atoms with Crippen molar-refractivity contribution in [2.24, 2.45) is 23.7 Å². The van der Waals surface area contributed by atoms with Gasteiger partial charge in [-0.05, 0) is 93.3 Å². The minimum absolute atomic E-state index is 0.0391. The Kier molecular flexibility index (Phi) is 7.86. The molecular formula is C33H42N4O3S. The molecule has 0 aromatic heterocycles. The van der Waals surface area contributed by atoms with Gasteiger partial charge in [0.2, 0.25) is 5.91 Å². The number of carbonyl (C=O) groups is 1. The molecule has 1 unspecified atom stereocenters. The SMILES string of the molecule is CNC(=O)[C@H]1CCC[C@@H]1C(C#N)(c1ccccc1)C1CCN(CC2CN(c3ccc(S(=O)(=O)C4CC4)cc3)C2)CC1. The molecule has 0 bridgehead atoms. The molecule has 3 atom stereocenters. The van der Waals surface area contributed by atoms with Crippen LogP contribution in [0.1, 0.15) is 50.5 Å². The number of sulfone groups is 1. The van der Waals surface area contributed by atoms with Crippen molar-refractivity contribution >= 4 is 21.4 Å². The predicted molar refractivity (Wildman–Crippen MR) is 160 cm³/mol. The first kappa shape index (κ1) is 28.2. The molecule has 7 nitrogen and oxygen atoms in total. The Morgan fingerprint density at radius 1 is 0.976 bits per heavy atom. The zero-order valence-electron chi connectivity index (χ0n) is 24.0. The van der Waals surface area contributed by atoms with Crippen LogP contribution in [0.5, 0.6) is 0 Å². The third-order valence-electron chi connectivity index (χ3n) is 10.3. The van der Waals surface area contributed by atoms with Gasteiger partial charge in [-0.1, -0.05) is 36.8 Å². The molecule has 2 aliphatic heterocycles. The zero-order chi connectivity index (χ0) is 28.6. The van der Waals surface area contributed by atoms with E-state index in [1.54, 1.807) is 19.2 Å². The van der Waals surface area contributed by atoms with Gasteiger partial charge >= 0.3 is 0 Å². The fraction of sp³-hybridized carbons (Fsp3) is 0.576. The van der Waals surface area contributed by atoms with E-state index < -0.39 is 15.3 Å². The molecule has 2 heterocycles. The Bertz CT molecular complexity index is 1370. The van der Waals surface area contributed by atoms with Crippen LogP contribution in [-0.4, -0.2) is 64.2 Å². The third-order valence-corrected chi connectivity index (χ3v) is 12.6. The standard InChI is InChI=1S/C33H42N4O3S/c1-35-32(38)30-8-5-9-31(30)33(23-34,25-6-3-2-4-7-25)26-16-18-36(19-17-26)20-24-21-37(22-24)27-10-12-28(13-11-27)41(39,40)29-14-15-29/h2-4,6-7,10-13,24,26,29-31H,5,8-9,14-22H2,1H3,(H,35,38)/t30-,31-,33?/m0/s1. The van der Waals surface area contributed by atoms with E-state index in [0.717, 1.165) is 88.9 Å². The molecule has 2 saturated heterocycles. The van der Waals surface area contributed by atoms with Crippen LogP contribution in [0.15, 0.2) is 59.5 Å². The Balaban J connectivity index is 1.08. The van der Waals surface area contributed by atoms with Gasteiger partial charge in [-0.15, -0.1) is 0 Å². The van der Waals surface area contributed by atoms with Crippen molar-refractivity contribution in [3.63, 3.8) is 0 Å². The largest absolute Gasteiger partial charge is 0.371 e. The first-order valence-corrected chi connectivity index (χ1v) is 16.9. The molecule has 0 spiro atoms. The molecule has 218 valence electrons. The van der Waals surface area contributed by atoms with Crippen LogP contribution in [-0.2, 0) is 20.0 Å². The summed E-state index contributed by atoms with van der Waals surface area (Å²) in [5.74, 6) is 0.821. The summed E-state index contributed by atoms with van der Waals surface area (Å²) in [5, 5.41) is 13.6. The van der Waals surface area contributed by atoms with E-state index in [9.17, 15) is 18.5 Å². The first-order valence-electron chi connectivity index (χ1n) is 15.4. The summed E-state index contributed by atoms with van der Waals surface area (Å²) in [6, 6.07) is 20.6. The van der Waals surface area contributed by atoms with Gasteiger partial charge in [0, 0.05) is 44.2 Å². The van der Waals surface area contributed by atoms with Crippen molar-refractivity contribution in [1.82, 2.24) is 10.2 Å². The maximum atomic E-state index is 12.9. The number of rotatable bonds is 9. The van der Waals surface area contributed by atoms with Crippen LogP contribution in [0.2, 0.25) is 0 Å². The van der Waals surface area contributed by atoms with Gasteiger partial charge in [-0.2, -0.15) is 5.26 Å². The van der Waals surface area contributed by atoms with E-state index in [0.29, 0.717) is 10.8 Å². The molecule has 1 N–H and O–H groups in total. The van der Waals surface area contributed by atoms with E-state index in [4.69, 9.17) is 0 Å². The number of benzene rings is 2. The fourth-order valence-electron chi connectivity index (χ4n) is 7.96. The number of nitriles is 1. The second-order valence-corrected chi connectivity index (χ2v) is 14.9. The Morgan fingerprint density at radius 3 is 2.27 bits per heavy atom. The molecule has 6 rings (SSSR count). The van der Waals surface area contributed by atoms with Gasteiger partial charge in [-0.3, -0.25) is 4.79 Å². The lowest BCUT2D eigenvalue weighted by Crippen LogP contribution is -2.54. The lowest BCUT2D eigenvalue weighted by atomic mass is 9.58. The predicted octanol–water partition coefficient (Wildman–Crippen LogP) is 4.39. The average molecular weight is 575 g/mol. The molecule has 8 heteroatoms. The van der Waals surface area contributed by atoms with E-state index in [2.05, 4.69) is 33.3 Å². The maximum Gasteiger partial charge on any atom is 0.223 e. The Hall–Kier alpha value is -2.89. The van der Waals surface area contributed by atoms with E-state index in [1.807, 2.05) is 30.3 Å². The van der Waals surface area contributed by atoms with Crippen molar-refractivity contribution in [2.45, 2.75) is 60.5 Å². The highest BCUT2D eigenvalue weighted by atomic mass is 32.2. The van der Waals surface area contributed by atoms with E-state index in [1.165, 1.54) is 0 Å². The normalized spacial score (nSPS) is 25.7. The van der Waals surface area contributed by atoms with Crippen molar-refractivity contribution in [3.05, 3.63) is 60.2 Å². The first-order chi connectivity index (χ1) is 19.9. The fourth-order valence-corrected chi connectivity index (χ4v) is 9.62. The van der Waals surface area contributed by atoms with E-state index in [-0.39, 0.29) is 28.9 Å². The summed E-state index contributed by atoms with van der Waals surface area (Å²) in [6.07, 6.45) is 6.28. The minimum Gasteiger partial charge on any atom is -0.371 e. The topological polar surface area (TPSA) is 93.5 Å². The number of hydrogen-bond acceptors (Lipinski definition) is 6. The van der Waals surface area contributed by atoms with Gasteiger partial charge in [-0.25, -0.2) is 8.42 Å². The van der Waals surface area contributed by atoms with Crippen LogP contribution in [0, 0.1) is 35.0 Å². The van der Waals surface area contributed by atoms with Gasteiger partial charge in [0.25, 0.3) is 0 Å². The summed E-state index contributed by atoms with van der Waals surface area (Å²) >= 11 is 0. The minimum atomic E-state index is -3.14. The smallest absolute Gasteiger partial charge is 0.223 e. The summed E-state index contributed by atoms with van der Waals surface area (Å²) < 4.78 is 25.0. The van der Waals surface area contributed by atoms with Gasteiger partial charge in [0.1, 0.15) is 0 Å². The third kappa shape index (κ3) is 5.28. The second kappa shape index (κ2) is 11.4. The molecule has 4 aliphatic rings. The number of nitrogens with zero attached hydrogens (tertiary/aromatic N) is 3. The molecule has 2 saturated carbocycles. The summed E-state index contributed by atoms with van der Waals surface area (Å²) in [7, 11) is -1.43. The summed E-state index contributed by atoms with van der Waals surface area (Å²) in [6.45, 7) is 4.96. The molecule has 2 aromatic rings. The number of nitrogens with one attached hydrogen (secondary N) is 1. The monoisotopic (exact) mass is 574 g/mol. The van der Waals surface area contributed by atoms with Gasteiger partial charge in [0.05, 0.1) is 21.6 Å². The van der Waals surface area contributed by atoms with Crippen LogP contribution in [0.4, 0.5) is 5.69 Å². The van der Waals surface area contributed by atoms with Crippen molar-refractivity contribution in [1.29, 1.82) is 5.26 Å². The summed E-state index contributed by atoms with van der Waals surface area (Å²) in [5.41, 5.74) is 1.53. The molecule has 41 heavy (non-hydrogen) atoms. The highest BCUT2D eigenvalue weighted by Crippen LogP contribution is 2.52. The van der Waals surface area contributed by atoms with Gasteiger partial charge < -0.3 is 15.1 Å². The number of carbonyl (C=O) groups excluding carboxylic acids is 1. The van der Waals surface area contributed by atoms with Crippen LogP contribution < -0.4 is 10.2 Å². The lowest BCUT2D eigenvalue weighted by Gasteiger charge is -2.48. The number of anilines is 1. The molecule has 2 aliphatic carbocycles. The van der Waals surface area contributed by atoms with Crippen LogP contribution in [0.3, 0.4) is 0 Å². The highest BCUT2D eigenvalue weighted by molar-refractivity contribution is 7.92.